The average Bonchev–Trinajstić information content (AvgIpc) is 2.88. The third kappa shape index (κ3) is 4.31. The zero-order valence-corrected chi connectivity index (χ0v) is 14.1. The second kappa shape index (κ2) is 6.93. The molecular formula is C12H12Cl2N2O3S2. The number of likely N-dealkylation sites (N-methyl/N-ethyl adjacent to an activating group) is 1. The zero-order valence-electron chi connectivity index (χ0n) is 11.0. The quantitative estimate of drug-likeness (QED) is 0.787. The second-order valence-electron chi connectivity index (χ2n) is 4.06. The van der Waals surface area contributed by atoms with Gasteiger partial charge in [-0.3, -0.25) is 0 Å². The molecule has 0 saturated heterocycles. The van der Waals surface area contributed by atoms with Crippen LogP contribution in [0.3, 0.4) is 0 Å². The van der Waals surface area contributed by atoms with E-state index in [1.54, 1.807) is 24.3 Å². The van der Waals surface area contributed by atoms with Crippen LogP contribution in [-0.2, 0) is 10.0 Å². The van der Waals surface area contributed by atoms with Crippen LogP contribution in [0.25, 0.3) is 0 Å². The first kappa shape index (κ1) is 16.5. The van der Waals surface area contributed by atoms with Crippen molar-refractivity contribution < 1.29 is 13.2 Å². The number of benzene rings is 1. The molecule has 114 valence electrons. The molecule has 1 heterocycles. The van der Waals surface area contributed by atoms with E-state index < -0.39 is 10.0 Å². The molecule has 0 aliphatic heterocycles. The van der Waals surface area contributed by atoms with Gasteiger partial charge in [-0.05, 0) is 24.3 Å². The van der Waals surface area contributed by atoms with Gasteiger partial charge in [-0.1, -0.05) is 34.5 Å². The fourth-order valence-corrected chi connectivity index (χ4v) is 4.24. The Morgan fingerprint density at radius 2 is 1.95 bits per heavy atom. The van der Waals surface area contributed by atoms with Gasteiger partial charge in [-0.2, -0.15) is 4.31 Å². The maximum atomic E-state index is 12.2. The highest BCUT2D eigenvalue weighted by atomic mass is 35.5. The second-order valence-corrected chi connectivity index (χ2v) is 8.38. The maximum Gasteiger partial charge on any atom is 0.254 e. The van der Waals surface area contributed by atoms with Gasteiger partial charge in [-0.15, -0.1) is 0 Å². The summed E-state index contributed by atoms with van der Waals surface area (Å²) in [6.45, 7) is 0.435. The van der Waals surface area contributed by atoms with Crippen LogP contribution in [-0.4, -0.2) is 37.9 Å². The topological polar surface area (TPSA) is 59.5 Å². The molecule has 0 saturated carbocycles. The molecule has 9 heteroatoms. The molecule has 1 aromatic carbocycles. The van der Waals surface area contributed by atoms with E-state index >= 15 is 0 Å². The molecule has 0 unspecified atom stereocenters. The predicted molar refractivity (Wildman–Crippen MR) is 83.9 cm³/mol. The molecule has 0 fully saturated rings. The Labute approximate surface area is 137 Å². The Balaban J connectivity index is 1.92. The molecule has 21 heavy (non-hydrogen) atoms. The van der Waals surface area contributed by atoms with E-state index in [-0.39, 0.29) is 21.8 Å². The highest BCUT2D eigenvalue weighted by Crippen LogP contribution is 2.24. The van der Waals surface area contributed by atoms with Crippen LogP contribution in [0, 0.1) is 0 Å². The monoisotopic (exact) mass is 366 g/mol. The van der Waals surface area contributed by atoms with E-state index in [2.05, 4.69) is 4.98 Å². The summed E-state index contributed by atoms with van der Waals surface area (Å²) >= 11 is 12.3. The van der Waals surface area contributed by atoms with Crippen molar-refractivity contribution in [1.29, 1.82) is 0 Å². The molecule has 0 bridgehead atoms. The zero-order chi connectivity index (χ0) is 15.5. The van der Waals surface area contributed by atoms with E-state index in [0.29, 0.717) is 10.8 Å². The molecule has 0 N–H and O–H groups in total. The molecule has 1 aromatic heterocycles. The van der Waals surface area contributed by atoms with Gasteiger partial charge in [0.25, 0.3) is 10.0 Å². The lowest BCUT2D eigenvalue weighted by Crippen LogP contribution is -2.30. The number of halogens is 2. The lowest BCUT2D eigenvalue weighted by atomic mass is 10.3. The molecule has 0 aliphatic carbocycles. The lowest BCUT2D eigenvalue weighted by Gasteiger charge is -2.16. The number of nitrogens with zero attached hydrogens (tertiary/aromatic N) is 2. The minimum absolute atomic E-state index is 0.112. The smallest absolute Gasteiger partial charge is 0.254 e. The van der Waals surface area contributed by atoms with E-state index in [1.165, 1.54) is 17.5 Å². The standard InChI is InChI=1S/C12H12Cl2N2O3S2/c1-16(21(17,18)11-8-15-12(14)20-11)6-7-19-10-4-2-9(13)3-5-10/h2-5,8H,6-7H2,1H3. The number of thiazole rings is 1. The Hall–Kier alpha value is -0.860. The molecule has 0 aliphatic rings. The first-order chi connectivity index (χ1) is 9.89. The van der Waals surface area contributed by atoms with Gasteiger partial charge in [-0.25, -0.2) is 13.4 Å². The van der Waals surface area contributed by atoms with E-state index in [9.17, 15) is 8.42 Å². The molecule has 0 atom stereocenters. The van der Waals surface area contributed by atoms with Crippen LogP contribution in [0.1, 0.15) is 0 Å². The summed E-state index contributed by atoms with van der Waals surface area (Å²) in [5, 5.41) is 0.615. The molecule has 0 spiro atoms. The molecule has 5 nitrogen and oxygen atoms in total. The number of hydrogen-bond donors (Lipinski definition) is 0. The molecule has 2 rings (SSSR count). The Morgan fingerprint density at radius 1 is 1.29 bits per heavy atom. The van der Waals surface area contributed by atoms with Crippen molar-refractivity contribution in [3.8, 4) is 5.75 Å². The minimum Gasteiger partial charge on any atom is -0.492 e. The summed E-state index contributed by atoms with van der Waals surface area (Å²) in [7, 11) is -2.10. The van der Waals surface area contributed by atoms with Crippen molar-refractivity contribution in [3.05, 3.63) is 40.0 Å². The highest BCUT2D eigenvalue weighted by molar-refractivity contribution is 7.91. The number of sulfonamides is 1. The van der Waals surface area contributed by atoms with Gasteiger partial charge in [0.05, 0.1) is 6.20 Å². The van der Waals surface area contributed by atoms with Crippen LogP contribution in [0.15, 0.2) is 34.7 Å². The Morgan fingerprint density at radius 3 is 2.52 bits per heavy atom. The van der Waals surface area contributed by atoms with Crippen molar-refractivity contribution >= 4 is 44.6 Å². The maximum absolute atomic E-state index is 12.2. The molecule has 0 amide bonds. The van der Waals surface area contributed by atoms with E-state index in [0.717, 1.165) is 11.3 Å². The van der Waals surface area contributed by atoms with Gasteiger partial charge < -0.3 is 4.74 Å². The normalized spacial score (nSPS) is 11.8. The van der Waals surface area contributed by atoms with Gasteiger partial charge >= 0.3 is 0 Å². The van der Waals surface area contributed by atoms with Crippen molar-refractivity contribution in [2.45, 2.75) is 4.21 Å². The van der Waals surface area contributed by atoms with E-state index in [4.69, 9.17) is 27.9 Å². The van der Waals surface area contributed by atoms with Crippen molar-refractivity contribution in [2.75, 3.05) is 20.2 Å². The summed E-state index contributed by atoms with van der Waals surface area (Å²) in [6.07, 6.45) is 1.25. The van der Waals surface area contributed by atoms with Crippen LogP contribution >= 0.6 is 34.5 Å². The van der Waals surface area contributed by atoms with Crippen molar-refractivity contribution in [3.63, 3.8) is 0 Å². The fourth-order valence-electron chi connectivity index (χ4n) is 1.46. The summed E-state index contributed by atoms with van der Waals surface area (Å²) in [5.41, 5.74) is 0. The number of ether oxygens (including phenoxy) is 1. The minimum atomic E-state index is -3.58. The summed E-state index contributed by atoms with van der Waals surface area (Å²) in [6, 6.07) is 6.85. The third-order valence-electron chi connectivity index (χ3n) is 2.61. The molecule has 2 aromatic rings. The molecular weight excluding hydrogens is 355 g/mol. The Kier molecular flexibility index (Phi) is 5.45. The summed E-state index contributed by atoms with van der Waals surface area (Å²) in [5.74, 6) is 0.631. The van der Waals surface area contributed by atoms with Gasteiger partial charge in [0, 0.05) is 18.6 Å². The average molecular weight is 367 g/mol. The fraction of sp³-hybridized carbons (Fsp3) is 0.250. The SMILES string of the molecule is CN(CCOc1ccc(Cl)cc1)S(=O)(=O)c1cnc(Cl)s1. The van der Waals surface area contributed by atoms with E-state index in [1.807, 2.05) is 0 Å². The first-order valence-corrected chi connectivity index (χ1v) is 8.87. The van der Waals surface area contributed by atoms with Crippen molar-refractivity contribution in [1.82, 2.24) is 9.29 Å². The van der Waals surface area contributed by atoms with Crippen LogP contribution < -0.4 is 4.74 Å². The molecule has 0 radical (unpaired) electrons. The number of aromatic nitrogens is 1. The van der Waals surface area contributed by atoms with Crippen molar-refractivity contribution in [2.24, 2.45) is 0 Å². The summed E-state index contributed by atoms with van der Waals surface area (Å²) in [4.78, 5) is 3.74. The predicted octanol–water partition coefficient (Wildman–Crippen LogP) is 3.15. The number of rotatable bonds is 6. The van der Waals surface area contributed by atoms with Crippen LogP contribution in [0.2, 0.25) is 9.49 Å². The van der Waals surface area contributed by atoms with Crippen LogP contribution in [0.5, 0.6) is 5.75 Å². The van der Waals surface area contributed by atoms with Crippen LogP contribution in [0.4, 0.5) is 0 Å². The van der Waals surface area contributed by atoms with Gasteiger partial charge in [0.1, 0.15) is 12.4 Å². The largest absolute Gasteiger partial charge is 0.492 e. The highest BCUT2D eigenvalue weighted by Gasteiger charge is 2.23. The van der Waals surface area contributed by atoms with Gasteiger partial charge in [0.2, 0.25) is 0 Å². The lowest BCUT2D eigenvalue weighted by molar-refractivity contribution is 0.287. The summed E-state index contributed by atoms with van der Waals surface area (Å²) < 4.78 is 31.4. The van der Waals surface area contributed by atoms with Gasteiger partial charge in [0.15, 0.2) is 8.68 Å². The first-order valence-electron chi connectivity index (χ1n) is 5.85. The number of hydrogen-bond acceptors (Lipinski definition) is 5. The third-order valence-corrected chi connectivity index (χ3v) is 6.27. The Bertz CT molecular complexity index is 702.